The highest BCUT2D eigenvalue weighted by Crippen LogP contribution is 2.07. The quantitative estimate of drug-likeness (QED) is 0.512. The van der Waals surface area contributed by atoms with Crippen LogP contribution in [0.15, 0.2) is 25.3 Å². The molecule has 0 saturated heterocycles. The molecule has 108 valence electrons. The van der Waals surface area contributed by atoms with E-state index < -0.39 is 19.3 Å². The Labute approximate surface area is 108 Å². The summed E-state index contributed by atoms with van der Waals surface area (Å²) in [7, 11) is -6.00. The van der Waals surface area contributed by atoms with Crippen LogP contribution in [0.5, 0.6) is 0 Å². The molecule has 1 aromatic heterocycles. The fourth-order valence-electron chi connectivity index (χ4n) is 1.35. The fraction of sp³-hybridized carbons (Fsp3) is 0.400. The van der Waals surface area contributed by atoms with Gasteiger partial charge in [-0.25, -0.2) is 13.9 Å². The number of nitrogens with zero attached hydrogens (tertiary/aromatic N) is 2. The first-order valence-electron chi connectivity index (χ1n) is 5.50. The number of rotatable bonds is 5. The number of carbonyl (C=O) groups is 1. The van der Waals surface area contributed by atoms with Crippen molar-refractivity contribution in [2.24, 2.45) is 0 Å². The molecule has 0 aliphatic rings. The van der Waals surface area contributed by atoms with E-state index in [1.54, 1.807) is 34.1 Å². The van der Waals surface area contributed by atoms with Gasteiger partial charge in [0.15, 0.2) is 6.04 Å². The van der Waals surface area contributed by atoms with Gasteiger partial charge in [-0.3, -0.25) is 0 Å². The molecule has 0 aliphatic carbocycles. The number of carboxylic acid groups (broad SMARTS) is 1. The Balaban J connectivity index is 0.000000555. The highest BCUT2D eigenvalue weighted by molar-refractivity contribution is 6.50. The fourth-order valence-corrected chi connectivity index (χ4v) is 1.35. The molecular weight excluding hydrogens is 267 g/mol. The van der Waals surface area contributed by atoms with E-state index in [0.717, 1.165) is 6.42 Å². The molecule has 0 bridgehead atoms. The second-order valence-electron chi connectivity index (χ2n) is 3.63. The Morgan fingerprint density at radius 2 is 2.05 bits per heavy atom. The van der Waals surface area contributed by atoms with Crippen molar-refractivity contribution in [3.05, 3.63) is 25.3 Å². The van der Waals surface area contributed by atoms with Crippen LogP contribution in [0.2, 0.25) is 0 Å². The van der Waals surface area contributed by atoms with Gasteiger partial charge in [0, 0.05) is 0 Å². The summed E-state index contributed by atoms with van der Waals surface area (Å²) < 4.78 is 42.4. The summed E-state index contributed by atoms with van der Waals surface area (Å²) in [4.78, 5) is 10.9. The summed E-state index contributed by atoms with van der Waals surface area (Å²) in [6, 6.07) is -0.471. The molecule has 1 N–H and O–H groups in total. The molecule has 0 saturated carbocycles. The van der Waals surface area contributed by atoms with Gasteiger partial charge in [0.1, 0.15) is 12.4 Å². The topological polar surface area (TPSA) is 46.1 Å². The predicted octanol–water partition coefficient (Wildman–Crippen LogP) is 2.60. The molecule has 4 nitrogen and oxygen atoms in total. The first kappa shape index (κ1) is 17.2. The number of aliphatic carboxylic acids is 1. The molecule has 1 heterocycles. The smallest absolute Gasteiger partial charge is 0.478 e. The zero-order valence-electron chi connectivity index (χ0n) is 10.3. The van der Waals surface area contributed by atoms with Crippen LogP contribution in [0, 0.1) is 0 Å². The van der Waals surface area contributed by atoms with Crippen LogP contribution in [0.4, 0.5) is 17.3 Å². The molecule has 0 fully saturated rings. The number of imidazole rings is 1. The molecule has 1 aromatic rings. The predicted molar refractivity (Wildman–Crippen MR) is 62.8 cm³/mol. The normalized spacial score (nSPS) is 12.3. The van der Waals surface area contributed by atoms with Crippen LogP contribution in [0.1, 0.15) is 25.8 Å². The van der Waals surface area contributed by atoms with E-state index in [1.807, 2.05) is 6.92 Å². The first-order chi connectivity index (χ1) is 8.69. The molecule has 19 heavy (non-hydrogen) atoms. The highest BCUT2D eigenvalue weighted by atomic mass is 19.5. The number of halogens is 4. The van der Waals surface area contributed by atoms with Crippen LogP contribution in [0.25, 0.3) is 6.20 Å². The lowest BCUT2D eigenvalue weighted by Gasteiger charge is -2.06. The van der Waals surface area contributed by atoms with Crippen LogP contribution >= 0.6 is 0 Å². The zero-order valence-corrected chi connectivity index (χ0v) is 10.3. The number of hydrogen-bond donors (Lipinski definition) is 1. The molecule has 0 aromatic carbocycles. The lowest BCUT2D eigenvalue weighted by atomic mass is 10.2. The van der Waals surface area contributed by atoms with E-state index in [9.17, 15) is 22.1 Å². The maximum absolute atomic E-state index is 10.9. The third-order valence-electron chi connectivity index (χ3n) is 2.10. The van der Waals surface area contributed by atoms with E-state index in [4.69, 9.17) is 5.11 Å². The van der Waals surface area contributed by atoms with Gasteiger partial charge in [-0.15, -0.1) is 0 Å². The minimum absolute atomic E-state index is 0.471. The molecule has 0 spiro atoms. The van der Waals surface area contributed by atoms with Crippen LogP contribution < -0.4 is 4.57 Å². The third kappa shape index (κ3) is 8.01. The summed E-state index contributed by atoms with van der Waals surface area (Å²) >= 11 is 0. The van der Waals surface area contributed by atoms with Crippen molar-refractivity contribution < 1.29 is 31.7 Å². The van der Waals surface area contributed by atoms with Gasteiger partial charge in [0.25, 0.3) is 0 Å². The average Bonchev–Trinajstić information content (AvgIpc) is 2.71. The Morgan fingerprint density at radius 3 is 2.37 bits per heavy atom. The molecule has 1 atom stereocenters. The van der Waals surface area contributed by atoms with Gasteiger partial charge in [-0.2, -0.15) is 0 Å². The standard InChI is InChI=1S/C10H14N2O2.BF4/c1-3-5-9(10(13)14)12-7-6-11(4-2)8-12;2-1(3,4)5/h4,6-9H,2-3,5H2,1H3;/q;-1/p+1. The van der Waals surface area contributed by atoms with E-state index in [0.29, 0.717) is 6.42 Å². The van der Waals surface area contributed by atoms with Crippen molar-refractivity contribution in [3.8, 4) is 0 Å². The second kappa shape index (κ2) is 7.60. The zero-order chi connectivity index (χ0) is 15.1. The summed E-state index contributed by atoms with van der Waals surface area (Å²) in [5.41, 5.74) is 0. The molecule has 9 heteroatoms. The van der Waals surface area contributed by atoms with Crippen molar-refractivity contribution in [2.45, 2.75) is 25.8 Å². The Hall–Kier alpha value is -1.80. The molecule has 0 aliphatic heterocycles. The first-order valence-corrected chi connectivity index (χ1v) is 5.50. The van der Waals surface area contributed by atoms with Crippen LogP contribution in [-0.4, -0.2) is 22.9 Å². The van der Waals surface area contributed by atoms with Crippen molar-refractivity contribution in [2.75, 3.05) is 0 Å². The molecule has 1 rings (SSSR count). The van der Waals surface area contributed by atoms with Crippen molar-refractivity contribution in [1.29, 1.82) is 0 Å². The van der Waals surface area contributed by atoms with Crippen molar-refractivity contribution in [1.82, 2.24) is 4.57 Å². The summed E-state index contributed by atoms with van der Waals surface area (Å²) in [6.45, 7) is 5.57. The van der Waals surface area contributed by atoms with Gasteiger partial charge < -0.3 is 22.4 Å². The van der Waals surface area contributed by atoms with Crippen molar-refractivity contribution >= 4 is 19.4 Å². The number of aromatic nitrogens is 2. The van der Waals surface area contributed by atoms with Gasteiger partial charge in [-0.1, -0.05) is 19.9 Å². The second-order valence-corrected chi connectivity index (χ2v) is 3.63. The minimum atomic E-state index is -6.00. The molecule has 0 radical (unpaired) electrons. The Bertz CT molecular complexity index is 414. The van der Waals surface area contributed by atoms with Gasteiger partial charge >= 0.3 is 13.2 Å². The highest BCUT2D eigenvalue weighted by Gasteiger charge is 2.23. The average molecular weight is 282 g/mol. The molecule has 0 amide bonds. The SMILES string of the molecule is C=Cn1cc[n+](C(CCC)C(=O)O)c1.F[B-](F)(F)F. The maximum Gasteiger partial charge on any atom is 0.673 e. The Morgan fingerprint density at radius 1 is 1.53 bits per heavy atom. The summed E-state index contributed by atoms with van der Waals surface area (Å²) in [5, 5.41) is 8.98. The lowest BCUT2D eigenvalue weighted by molar-refractivity contribution is -0.710. The van der Waals surface area contributed by atoms with Gasteiger partial charge in [-0.05, 0) is 6.42 Å². The van der Waals surface area contributed by atoms with E-state index in [1.165, 1.54) is 0 Å². The minimum Gasteiger partial charge on any atom is -0.478 e. The van der Waals surface area contributed by atoms with E-state index in [2.05, 4.69) is 6.58 Å². The molecule has 1 unspecified atom stereocenters. The monoisotopic (exact) mass is 282 g/mol. The van der Waals surface area contributed by atoms with E-state index in [-0.39, 0.29) is 0 Å². The maximum atomic E-state index is 10.9. The van der Waals surface area contributed by atoms with E-state index >= 15 is 0 Å². The van der Waals surface area contributed by atoms with Gasteiger partial charge in [0.2, 0.25) is 6.33 Å². The number of hydrogen-bond acceptors (Lipinski definition) is 1. The molecular formula is C10H15BF4N2O2. The third-order valence-corrected chi connectivity index (χ3v) is 2.10. The Kier molecular flexibility index (Phi) is 6.88. The van der Waals surface area contributed by atoms with Crippen LogP contribution in [-0.2, 0) is 4.79 Å². The lowest BCUT2D eigenvalue weighted by Crippen LogP contribution is -2.42. The number of carboxylic acids is 1. The largest absolute Gasteiger partial charge is 0.673 e. The summed E-state index contributed by atoms with van der Waals surface area (Å²) in [5.74, 6) is -0.793. The van der Waals surface area contributed by atoms with Gasteiger partial charge in [0.05, 0.1) is 6.20 Å². The van der Waals surface area contributed by atoms with Crippen molar-refractivity contribution in [3.63, 3.8) is 0 Å². The summed E-state index contributed by atoms with van der Waals surface area (Å²) in [6.07, 6.45) is 8.36. The van der Waals surface area contributed by atoms with Crippen LogP contribution in [0.3, 0.4) is 0 Å².